The summed E-state index contributed by atoms with van der Waals surface area (Å²) in [7, 11) is 0. The van der Waals surface area contributed by atoms with Crippen molar-refractivity contribution in [2.45, 2.75) is 19.4 Å². The molecule has 0 aromatic heterocycles. The van der Waals surface area contributed by atoms with E-state index in [0.29, 0.717) is 12.0 Å². The van der Waals surface area contributed by atoms with Gasteiger partial charge < -0.3 is 4.74 Å². The van der Waals surface area contributed by atoms with E-state index in [1.54, 1.807) is 0 Å². The molecule has 1 heteroatoms. The Kier molecular flexibility index (Phi) is 3.16. The minimum atomic E-state index is 0.480. The first-order valence-electron chi connectivity index (χ1n) is 6.59. The highest BCUT2D eigenvalue weighted by molar-refractivity contribution is 5.67. The standard InChI is InChI=1S/C17H18O/c1-13(17-12-18-17)11-15-9-5-6-10-16(15)14-7-3-2-4-8-14/h2-10,13,17H,11-12H2,1H3. The Hall–Kier alpha value is -1.60. The molecule has 0 amide bonds. The first-order chi connectivity index (χ1) is 8.84. The van der Waals surface area contributed by atoms with Gasteiger partial charge in [0.25, 0.3) is 0 Å². The third-order valence-electron chi connectivity index (χ3n) is 3.64. The molecule has 0 aliphatic carbocycles. The Morgan fingerprint density at radius 2 is 1.72 bits per heavy atom. The van der Waals surface area contributed by atoms with Crippen LogP contribution in [0.5, 0.6) is 0 Å². The van der Waals surface area contributed by atoms with Gasteiger partial charge in [-0.05, 0) is 29.0 Å². The van der Waals surface area contributed by atoms with Crippen LogP contribution in [0, 0.1) is 5.92 Å². The summed E-state index contributed by atoms with van der Waals surface area (Å²) in [5.41, 5.74) is 4.08. The van der Waals surface area contributed by atoms with Crippen molar-refractivity contribution in [3.63, 3.8) is 0 Å². The van der Waals surface area contributed by atoms with E-state index in [1.807, 2.05) is 0 Å². The summed E-state index contributed by atoms with van der Waals surface area (Å²) in [5.74, 6) is 0.606. The average Bonchev–Trinajstić information content (AvgIpc) is 3.25. The fraction of sp³-hybridized carbons (Fsp3) is 0.294. The number of hydrogen-bond acceptors (Lipinski definition) is 1. The van der Waals surface area contributed by atoms with Crippen LogP contribution in [0.3, 0.4) is 0 Å². The predicted octanol–water partition coefficient (Wildman–Crippen LogP) is 3.93. The lowest BCUT2D eigenvalue weighted by Crippen LogP contribution is -2.07. The van der Waals surface area contributed by atoms with Crippen LogP contribution in [0.2, 0.25) is 0 Å². The van der Waals surface area contributed by atoms with Gasteiger partial charge in [-0.2, -0.15) is 0 Å². The van der Waals surface area contributed by atoms with Crippen molar-refractivity contribution >= 4 is 0 Å². The van der Waals surface area contributed by atoms with E-state index in [0.717, 1.165) is 13.0 Å². The van der Waals surface area contributed by atoms with Gasteiger partial charge in [-0.3, -0.25) is 0 Å². The third-order valence-corrected chi connectivity index (χ3v) is 3.64. The van der Waals surface area contributed by atoms with Crippen molar-refractivity contribution < 1.29 is 4.74 Å². The summed E-state index contributed by atoms with van der Waals surface area (Å²) >= 11 is 0. The van der Waals surface area contributed by atoms with Gasteiger partial charge in [0, 0.05) is 0 Å². The molecular weight excluding hydrogens is 220 g/mol. The third kappa shape index (κ3) is 2.46. The normalized spacial score (nSPS) is 19.5. The number of rotatable bonds is 4. The summed E-state index contributed by atoms with van der Waals surface area (Å²) in [6, 6.07) is 19.3. The summed E-state index contributed by atoms with van der Waals surface area (Å²) < 4.78 is 5.39. The van der Waals surface area contributed by atoms with Crippen LogP contribution in [0.4, 0.5) is 0 Å². The van der Waals surface area contributed by atoms with Crippen LogP contribution in [0.1, 0.15) is 12.5 Å². The van der Waals surface area contributed by atoms with E-state index in [9.17, 15) is 0 Å². The van der Waals surface area contributed by atoms with E-state index in [1.165, 1.54) is 16.7 Å². The molecule has 1 nitrogen and oxygen atoms in total. The van der Waals surface area contributed by atoms with Crippen molar-refractivity contribution in [2.75, 3.05) is 6.61 Å². The Balaban J connectivity index is 1.89. The molecule has 1 aliphatic heterocycles. The molecule has 18 heavy (non-hydrogen) atoms. The smallest absolute Gasteiger partial charge is 0.0838 e. The second kappa shape index (κ2) is 4.95. The number of ether oxygens (including phenoxy) is 1. The topological polar surface area (TPSA) is 12.5 Å². The SMILES string of the molecule is CC(Cc1ccccc1-c1ccccc1)C1CO1. The van der Waals surface area contributed by atoms with Crippen LogP contribution in [-0.4, -0.2) is 12.7 Å². The molecule has 1 fully saturated rings. The zero-order valence-corrected chi connectivity index (χ0v) is 10.7. The van der Waals surface area contributed by atoms with E-state index in [4.69, 9.17) is 4.74 Å². The quantitative estimate of drug-likeness (QED) is 0.735. The van der Waals surface area contributed by atoms with Gasteiger partial charge in [0.15, 0.2) is 0 Å². The minimum Gasteiger partial charge on any atom is -0.373 e. The second-order valence-corrected chi connectivity index (χ2v) is 5.08. The van der Waals surface area contributed by atoms with E-state index in [2.05, 4.69) is 61.5 Å². The lowest BCUT2D eigenvalue weighted by molar-refractivity contribution is 0.341. The highest BCUT2D eigenvalue weighted by Crippen LogP contribution is 2.29. The first kappa shape index (κ1) is 11.5. The van der Waals surface area contributed by atoms with Crippen molar-refractivity contribution in [1.29, 1.82) is 0 Å². The molecule has 2 aromatic carbocycles. The Labute approximate surface area is 108 Å². The molecule has 3 rings (SSSR count). The highest BCUT2D eigenvalue weighted by Gasteiger charge is 2.29. The van der Waals surface area contributed by atoms with Gasteiger partial charge in [-0.1, -0.05) is 61.5 Å². The van der Waals surface area contributed by atoms with E-state index < -0.39 is 0 Å². The Morgan fingerprint density at radius 1 is 1.06 bits per heavy atom. The second-order valence-electron chi connectivity index (χ2n) is 5.08. The molecule has 0 radical (unpaired) electrons. The molecule has 1 saturated heterocycles. The predicted molar refractivity (Wildman–Crippen MR) is 74.5 cm³/mol. The van der Waals surface area contributed by atoms with Crippen LogP contribution >= 0.6 is 0 Å². The van der Waals surface area contributed by atoms with E-state index >= 15 is 0 Å². The van der Waals surface area contributed by atoms with Crippen molar-refractivity contribution in [3.05, 3.63) is 60.2 Å². The maximum absolute atomic E-state index is 5.39. The molecule has 2 unspecified atom stereocenters. The fourth-order valence-electron chi connectivity index (χ4n) is 2.46. The summed E-state index contributed by atoms with van der Waals surface area (Å²) in [5, 5.41) is 0. The highest BCUT2D eigenvalue weighted by atomic mass is 16.6. The van der Waals surface area contributed by atoms with Crippen LogP contribution in [0.25, 0.3) is 11.1 Å². The number of epoxide rings is 1. The van der Waals surface area contributed by atoms with Crippen molar-refractivity contribution in [3.8, 4) is 11.1 Å². The molecule has 0 bridgehead atoms. The van der Waals surface area contributed by atoms with Gasteiger partial charge in [0.1, 0.15) is 0 Å². The Bertz CT molecular complexity index is 514. The van der Waals surface area contributed by atoms with Crippen LogP contribution in [-0.2, 0) is 11.2 Å². The average molecular weight is 238 g/mol. The molecule has 1 aliphatic rings. The molecule has 0 spiro atoms. The zero-order chi connectivity index (χ0) is 12.4. The number of hydrogen-bond donors (Lipinski definition) is 0. The molecular formula is C17H18O. The molecule has 1 heterocycles. The Morgan fingerprint density at radius 3 is 2.44 bits per heavy atom. The number of benzene rings is 2. The molecule has 0 saturated carbocycles. The minimum absolute atomic E-state index is 0.480. The molecule has 0 N–H and O–H groups in total. The van der Waals surface area contributed by atoms with Gasteiger partial charge in [-0.15, -0.1) is 0 Å². The summed E-state index contributed by atoms with van der Waals surface area (Å²) in [6.45, 7) is 3.22. The van der Waals surface area contributed by atoms with Crippen LogP contribution < -0.4 is 0 Å². The van der Waals surface area contributed by atoms with Gasteiger partial charge in [-0.25, -0.2) is 0 Å². The maximum Gasteiger partial charge on any atom is 0.0838 e. The van der Waals surface area contributed by atoms with Crippen molar-refractivity contribution in [1.82, 2.24) is 0 Å². The van der Waals surface area contributed by atoms with Gasteiger partial charge in [0.05, 0.1) is 12.7 Å². The van der Waals surface area contributed by atoms with Crippen LogP contribution in [0.15, 0.2) is 54.6 Å². The monoisotopic (exact) mass is 238 g/mol. The maximum atomic E-state index is 5.39. The summed E-state index contributed by atoms with van der Waals surface area (Å²) in [4.78, 5) is 0. The largest absolute Gasteiger partial charge is 0.373 e. The van der Waals surface area contributed by atoms with E-state index in [-0.39, 0.29) is 0 Å². The molecule has 92 valence electrons. The first-order valence-corrected chi connectivity index (χ1v) is 6.59. The lowest BCUT2D eigenvalue weighted by Gasteiger charge is -2.13. The summed E-state index contributed by atoms with van der Waals surface area (Å²) in [6.07, 6.45) is 1.57. The fourth-order valence-corrected chi connectivity index (χ4v) is 2.46. The molecule has 2 atom stereocenters. The van der Waals surface area contributed by atoms with Gasteiger partial charge in [0.2, 0.25) is 0 Å². The lowest BCUT2D eigenvalue weighted by atomic mass is 9.92. The van der Waals surface area contributed by atoms with Crippen molar-refractivity contribution in [2.24, 2.45) is 5.92 Å². The van der Waals surface area contributed by atoms with Gasteiger partial charge >= 0.3 is 0 Å². The zero-order valence-electron chi connectivity index (χ0n) is 10.7. The molecule has 2 aromatic rings.